The first-order chi connectivity index (χ1) is 8.60. The maximum absolute atomic E-state index is 12.4. The smallest absolute Gasteiger partial charge is 0.347 e. The van der Waals surface area contributed by atoms with E-state index in [1.165, 1.54) is 0 Å². The van der Waals surface area contributed by atoms with Gasteiger partial charge in [0.05, 0.1) is 4.24 Å². The van der Waals surface area contributed by atoms with Gasteiger partial charge in [0.25, 0.3) is 5.76 Å². The highest BCUT2D eigenvalue weighted by Crippen LogP contribution is 2.55. The van der Waals surface area contributed by atoms with E-state index in [-0.39, 0.29) is 20.9 Å². The summed E-state index contributed by atoms with van der Waals surface area (Å²) < 4.78 is 29.4. The van der Waals surface area contributed by atoms with Gasteiger partial charge in [-0.15, -0.1) is 0 Å². The lowest BCUT2D eigenvalue weighted by atomic mass is 10.2. The number of rotatable bonds is 4. The van der Waals surface area contributed by atoms with Gasteiger partial charge in [-0.2, -0.15) is 8.78 Å². The number of carboxylic acid groups (broad SMARTS) is 1. The monoisotopic (exact) mass is 330 g/mol. The van der Waals surface area contributed by atoms with Crippen molar-refractivity contribution in [1.29, 1.82) is 0 Å². The molecule has 1 fully saturated rings. The van der Waals surface area contributed by atoms with Crippen LogP contribution in [0.4, 0.5) is 8.78 Å². The average molecular weight is 330 g/mol. The number of hydrogen-bond acceptors (Lipinski definition) is 6. The second-order valence-electron chi connectivity index (χ2n) is 4.40. The first-order valence-electron chi connectivity index (χ1n) is 5.08. The Hall–Kier alpha value is -0.410. The molecule has 0 saturated carbocycles. The Morgan fingerprint density at radius 2 is 1.89 bits per heavy atom. The van der Waals surface area contributed by atoms with Crippen molar-refractivity contribution in [3.05, 3.63) is 9.14 Å². The van der Waals surface area contributed by atoms with Crippen LogP contribution in [-0.2, 0) is 14.3 Å². The maximum Gasteiger partial charge on any atom is 0.347 e. The van der Waals surface area contributed by atoms with Crippen molar-refractivity contribution >= 4 is 47.2 Å². The first kappa shape index (κ1) is 16.6. The van der Waals surface area contributed by atoms with Crippen LogP contribution in [0.3, 0.4) is 0 Å². The highest BCUT2D eigenvalue weighted by Gasteiger charge is 2.38. The molecule has 4 nitrogen and oxygen atoms in total. The lowest BCUT2D eigenvalue weighted by molar-refractivity contribution is -0.149. The van der Waals surface area contributed by atoms with Gasteiger partial charge in [-0.1, -0.05) is 23.5 Å². The Kier molecular flexibility index (Phi) is 5.57. The van der Waals surface area contributed by atoms with Gasteiger partial charge < -0.3 is 9.84 Å². The van der Waals surface area contributed by atoms with Crippen LogP contribution in [0.15, 0.2) is 9.14 Å². The maximum atomic E-state index is 12.4. The molecule has 19 heavy (non-hydrogen) atoms. The lowest BCUT2D eigenvalue weighted by Crippen LogP contribution is -2.26. The molecule has 1 saturated heterocycles. The van der Waals surface area contributed by atoms with Crippen molar-refractivity contribution in [2.75, 3.05) is 0 Å². The van der Waals surface area contributed by atoms with Gasteiger partial charge in [-0.3, -0.25) is 4.79 Å². The van der Waals surface area contributed by atoms with Crippen LogP contribution in [0.1, 0.15) is 20.8 Å². The molecule has 1 heterocycles. The minimum atomic E-state index is -2.76. The molecule has 9 heteroatoms. The zero-order chi connectivity index (χ0) is 14.8. The molecule has 0 aromatic heterocycles. The van der Waals surface area contributed by atoms with Gasteiger partial charge >= 0.3 is 11.9 Å². The van der Waals surface area contributed by atoms with Crippen LogP contribution in [-0.4, -0.2) is 33.0 Å². The number of esters is 1. The van der Waals surface area contributed by atoms with E-state index >= 15 is 0 Å². The topological polar surface area (TPSA) is 63.6 Å². The molecule has 1 N–H and O–H groups in total. The van der Waals surface area contributed by atoms with Crippen molar-refractivity contribution in [3.63, 3.8) is 0 Å². The Bertz CT molecular complexity index is 409. The number of carbonyl (C=O) groups excluding carboxylic acids is 1. The predicted molar refractivity (Wildman–Crippen MR) is 73.1 cm³/mol. The molecule has 1 rings (SSSR count). The second-order valence-corrected chi connectivity index (χ2v) is 8.19. The molecule has 1 aliphatic rings. The number of halogens is 2. The third-order valence-corrected chi connectivity index (χ3v) is 5.47. The summed E-state index contributed by atoms with van der Waals surface area (Å²) in [5, 5.41) is 8.70. The number of aliphatic carboxylic acids is 1. The molecular formula is C10H12F2O4S3. The van der Waals surface area contributed by atoms with Gasteiger partial charge in [0.2, 0.25) is 0 Å². The molecule has 0 aromatic carbocycles. The number of carbonyl (C=O) groups is 2. The van der Waals surface area contributed by atoms with E-state index in [4.69, 9.17) is 9.84 Å². The molecule has 0 radical (unpaired) electrons. The molecule has 0 amide bonds. The van der Waals surface area contributed by atoms with Crippen LogP contribution in [0, 0.1) is 0 Å². The van der Waals surface area contributed by atoms with Crippen molar-refractivity contribution < 1.29 is 28.2 Å². The van der Waals surface area contributed by atoms with Crippen LogP contribution >= 0.6 is 35.3 Å². The number of thioether (sulfide) groups is 3. The predicted octanol–water partition coefficient (Wildman–Crippen LogP) is 3.34. The largest absolute Gasteiger partial charge is 0.480 e. The standard InChI is InChI=1S/C10H12F2O4S3/c1-10(2,3)16-6(15)4(17-9(11)12)7-18-8(19-7)5(13)14/h8-9H,1-3H3,(H,13,14). The van der Waals surface area contributed by atoms with Crippen molar-refractivity contribution in [2.24, 2.45) is 0 Å². The highest BCUT2D eigenvalue weighted by molar-refractivity contribution is 8.39. The lowest BCUT2D eigenvalue weighted by Gasteiger charge is -2.27. The third-order valence-electron chi connectivity index (χ3n) is 1.61. The molecule has 0 atom stereocenters. The summed E-state index contributed by atoms with van der Waals surface area (Å²) in [5.74, 6) is -4.67. The minimum Gasteiger partial charge on any atom is -0.480 e. The van der Waals surface area contributed by atoms with E-state index in [0.29, 0.717) is 0 Å². The molecule has 0 aromatic rings. The van der Waals surface area contributed by atoms with E-state index in [9.17, 15) is 18.4 Å². The normalized spacial score (nSPS) is 19.1. The zero-order valence-electron chi connectivity index (χ0n) is 10.3. The van der Waals surface area contributed by atoms with Gasteiger partial charge in [-0.25, -0.2) is 4.79 Å². The van der Waals surface area contributed by atoms with E-state index in [2.05, 4.69) is 0 Å². The summed E-state index contributed by atoms with van der Waals surface area (Å²) in [6, 6.07) is 0. The summed E-state index contributed by atoms with van der Waals surface area (Å²) >= 11 is 1.83. The fraction of sp³-hybridized carbons (Fsp3) is 0.600. The summed E-state index contributed by atoms with van der Waals surface area (Å²) in [6.45, 7) is 4.88. The van der Waals surface area contributed by atoms with E-state index in [0.717, 1.165) is 23.5 Å². The van der Waals surface area contributed by atoms with Crippen LogP contribution in [0.2, 0.25) is 0 Å². The number of hydrogen-bond donors (Lipinski definition) is 1. The van der Waals surface area contributed by atoms with Crippen molar-refractivity contribution in [2.45, 2.75) is 36.7 Å². The summed E-state index contributed by atoms with van der Waals surface area (Å²) in [4.78, 5) is 22.2. The first-order valence-corrected chi connectivity index (χ1v) is 7.72. The van der Waals surface area contributed by atoms with Gasteiger partial charge in [0.15, 0.2) is 4.58 Å². The number of carboxylic acids is 1. The quantitative estimate of drug-likeness (QED) is 0.626. The number of ether oxygens (including phenoxy) is 1. The minimum absolute atomic E-state index is 0.0832. The molecule has 108 valence electrons. The molecule has 0 spiro atoms. The van der Waals surface area contributed by atoms with E-state index in [1.54, 1.807) is 20.8 Å². The summed E-state index contributed by atoms with van der Waals surface area (Å²) in [7, 11) is 0. The summed E-state index contributed by atoms with van der Waals surface area (Å²) in [6.07, 6.45) is 0. The van der Waals surface area contributed by atoms with Crippen LogP contribution in [0.25, 0.3) is 0 Å². The molecular weight excluding hydrogens is 318 g/mol. The Morgan fingerprint density at radius 1 is 1.37 bits per heavy atom. The SMILES string of the molecule is CC(C)(C)OC(=O)C(SC(F)F)=C1SC(C(=O)O)S1. The van der Waals surface area contributed by atoms with Gasteiger partial charge in [0.1, 0.15) is 10.5 Å². The van der Waals surface area contributed by atoms with Gasteiger partial charge in [-0.05, 0) is 32.5 Å². The Balaban J connectivity index is 2.82. The molecule has 1 aliphatic heterocycles. The average Bonchev–Trinajstić information content (AvgIpc) is 2.09. The molecule has 0 aliphatic carbocycles. The van der Waals surface area contributed by atoms with E-state index < -0.39 is 27.9 Å². The molecule has 0 unspecified atom stereocenters. The fourth-order valence-corrected chi connectivity index (χ4v) is 3.85. The van der Waals surface area contributed by atoms with Crippen molar-refractivity contribution in [1.82, 2.24) is 0 Å². The van der Waals surface area contributed by atoms with E-state index in [1.807, 2.05) is 0 Å². The fourth-order valence-electron chi connectivity index (χ4n) is 1.00. The van der Waals surface area contributed by atoms with Crippen molar-refractivity contribution in [3.8, 4) is 0 Å². The molecule has 0 bridgehead atoms. The summed E-state index contributed by atoms with van der Waals surface area (Å²) in [5.41, 5.74) is -0.795. The Morgan fingerprint density at radius 3 is 2.26 bits per heavy atom. The zero-order valence-corrected chi connectivity index (χ0v) is 12.8. The number of alkyl halides is 2. The van der Waals surface area contributed by atoms with Crippen LogP contribution < -0.4 is 0 Å². The second kappa shape index (κ2) is 6.36. The van der Waals surface area contributed by atoms with Gasteiger partial charge in [0, 0.05) is 0 Å². The highest BCUT2D eigenvalue weighted by atomic mass is 32.3. The van der Waals surface area contributed by atoms with Crippen LogP contribution in [0.5, 0.6) is 0 Å². The third kappa shape index (κ3) is 5.23. The Labute approximate surface area is 121 Å².